The molecule has 0 aliphatic carbocycles. The molecule has 3 amide bonds. The highest BCUT2D eigenvalue weighted by Crippen LogP contribution is 2.22. The predicted octanol–water partition coefficient (Wildman–Crippen LogP) is 2.64. The molecule has 0 unspecified atom stereocenters. The van der Waals surface area contributed by atoms with Crippen molar-refractivity contribution in [2.45, 2.75) is 12.8 Å². The van der Waals surface area contributed by atoms with Crippen LogP contribution in [0.2, 0.25) is 0 Å². The Balaban J connectivity index is 1.28. The molecule has 0 spiro atoms. The van der Waals surface area contributed by atoms with Crippen molar-refractivity contribution in [2.75, 3.05) is 25.0 Å². The number of aromatic nitrogens is 3. The molecule has 2 aromatic heterocycles. The number of likely N-dealkylation sites (tertiary alicyclic amines) is 1. The maximum absolute atomic E-state index is 12.7. The maximum atomic E-state index is 12.7. The number of carbonyl (C=O) groups excluding carboxylic acids is 2. The third-order valence-corrected chi connectivity index (χ3v) is 5.29. The van der Waals surface area contributed by atoms with E-state index >= 15 is 0 Å². The van der Waals surface area contributed by atoms with Crippen molar-refractivity contribution in [2.24, 2.45) is 13.0 Å². The third-order valence-electron chi connectivity index (χ3n) is 5.29. The Morgan fingerprint density at radius 2 is 1.97 bits per heavy atom. The van der Waals surface area contributed by atoms with E-state index in [0.717, 1.165) is 29.4 Å². The van der Waals surface area contributed by atoms with Crippen LogP contribution >= 0.6 is 0 Å². The molecule has 1 saturated heterocycles. The minimum Gasteiger partial charge on any atom is -0.352 e. The Morgan fingerprint density at radius 3 is 2.72 bits per heavy atom. The molecule has 0 bridgehead atoms. The van der Waals surface area contributed by atoms with Gasteiger partial charge in [-0.15, -0.1) is 0 Å². The van der Waals surface area contributed by atoms with Gasteiger partial charge in [0.2, 0.25) is 0 Å². The number of urea groups is 1. The van der Waals surface area contributed by atoms with Gasteiger partial charge in [-0.3, -0.25) is 14.5 Å². The Labute approximate surface area is 168 Å². The van der Waals surface area contributed by atoms with Gasteiger partial charge < -0.3 is 15.5 Å². The fourth-order valence-electron chi connectivity index (χ4n) is 3.62. The summed E-state index contributed by atoms with van der Waals surface area (Å²) in [5, 5.41) is 11.0. The van der Waals surface area contributed by atoms with E-state index in [0.29, 0.717) is 31.1 Å². The zero-order chi connectivity index (χ0) is 20.2. The van der Waals surface area contributed by atoms with Gasteiger partial charge in [0.25, 0.3) is 5.91 Å². The molecule has 0 radical (unpaired) electrons. The number of anilines is 1. The second-order valence-electron chi connectivity index (χ2n) is 7.35. The maximum Gasteiger partial charge on any atom is 0.321 e. The Bertz CT molecular complexity index is 1020. The third kappa shape index (κ3) is 4.37. The van der Waals surface area contributed by atoms with Crippen molar-refractivity contribution < 1.29 is 9.59 Å². The van der Waals surface area contributed by atoms with Gasteiger partial charge in [-0.2, -0.15) is 5.10 Å². The van der Waals surface area contributed by atoms with Crippen LogP contribution in [0.25, 0.3) is 10.9 Å². The van der Waals surface area contributed by atoms with Crippen molar-refractivity contribution in [3.63, 3.8) is 0 Å². The molecule has 1 fully saturated rings. The van der Waals surface area contributed by atoms with Gasteiger partial charge in [-0.1, -0.05) is 18.2 Å². The summed E-state index contributed by atoms with van der Waals surface area (Å²) in [6.07, 6.45) is 6.70. The fourth-order valence-corrected chi connectivity index (χ4v) is 3.62. The van der Waals surface area contributed by atoms with Crippen molar-refractivity contribution in [1.29, 1.82) is 0 Å². The molecule has 3 heterocycles. The van der Waals surface area contributed by atoms with E-state index in [9.17, 15) is 9.59 Å². The van der Waals surface area contributed by atoms with Crippen LogP contribution in [0.3, 0.4) is 0 Å². The number of hydrogen-bond acceptors (Lipinski definition) is 4. The highest BCUT2D eigenvalue weighted by molar-refractivity contribution is 5.99. The van der Waals surface area contributed by atoms with Crippen LogP contribution in [0.5, 0.6) is 0 Å². The topological polar surface area (TPSA) is 92.2 Å². The molecule has 0 saturated carbocycles. The predicted molar refractivity (Wildman–Crippen MR) is 111 cm³/mol. The van der Waals surface area contributed by atoms with E-state index in [4.69, 9.17) is 0 Å². The first kappa shape index (κ1) is 18.9. The number of fused-ring (bicyclic) bond motifs is 1. The highest BCUT2D eigenvalue weighted by atomic mass is 16.2. The summed E-state index contributed by atoms with van der Waals surface area (Å²) in [5.74, 6) is 0.251. The summed E-state index contributed by atoms with van der Waals surface area (Å²) in [6.45, 7) is 1.94. The second-order valence-corrected chi connectivity index (χ2v) is 7.35. The lowest BCUT2D eigenvalue weighted by Crippen LogP contribution is -2.43. The quantitative estimate of drug-likeness (QED) is 0.714. The van der Waals surface area contributed by atoms with Gasteiger partial charge in [0.15, 0.2) is 0 Å². The van der Waals surface area contributed by atoms with Crippen LogP contribution in [0.1, 0.15) is 23.2 Å². The SMILES string of the molecule is Cn1cc(C(=O)NCC2CCN(C(=O)Nc3cccc4cccnc34)CC2)cn1. The molecule has 0 atom stereocenters. The van der Waals surface area contributed by atoms with Gasteiger partial charge in [0.1, 0.15) is 0 Å². The van der Waals surface area contributed by atoms with Crippen LogP contribution in [0.15, 0.2) is 48.9 Å². The van der Waals surface area contributed by atoms with E-state index in [-0.39, 0.29) is 11.9 Å². The lowest BCUT2D eigenvalue weighted by molar-refractivity contribution is 0.0938. The first-order chi connectivity index (χ1) is 14.1. The van der Waals surface area contributed by atoms with Gasteiger partial charge in [-0.05, 0) is 30.9 Å². The largest absolute Gasteiger partial charge is 0.352 e. The zero-order valence-corrected chi connectivity index (χ0v) is 16.3. The normalized spacial score (nSPS) is 14.7. The lowest BCUT2D eigenvalue weighted by Gasteiger charge is -2.32. The Morgan fingerprint density at radius 1 is 1.17 bits per heavy atom. The number of rotatable bonds is 4. The number of nitrogens with zero attached hydrogens (tertiary/aromatic N) is 4. The van der Waals surface area contributed by atoms with Gasteiger partial charge >= 0.3 is 6.03 Å². The van der Waals surface area contributed by atoms with Crippen LogP contribution < -0.4 is 10.6 Å². The number of benzene rings is 1. The molecular formula is C21H24N6O2. The molecule has 1 aromatic carbocycles. The smallest absolute Gasteiger partial charge is 0.321 e. The zero-order valence-electron chi connectivity index (χ0n) is 16.3. The second kappa shape index (κ2) is 8.30. The van der Waals surface area contributed by atoms with E-state index in [1.165, 1.54) is 0 Å². The minimum atomic E-state index is -0.110. The van der Waals surface area contributed by atoms with Gasteiger partial charge in [-0.25, -0.2) is 4.79 Å². The average molecular weight is 392 g/mol. The first-order valence-electron chi connectivity index (χ1n) is 9.76. The van der Waals surface area contributed by atoms with Crippen molar-refractivity contribution in [3.05, 3.63) is 54.5 Å². The standard InChI is InChI=1S/C21H24N6O2/c1-26-14-17(13-24-26)20(28)23-12-15-7-10-27(11-8-15)21(29)25-18-6-2-4-16-5-3-9-22-19(16)18/h2-6,9,13-15H,7-8,10-12H2,1H3,(H,23,28)(H,25,29). The van der Waals surface area contributed by atoms with Gasteiger partial charge in [0.05, 0.1) is 23.0 Å². The van der Waals surface area contributed by atoms with Crippen molar-refractivity contribution >= 4 is 28.5 Å². The number of para-hydroxylation sites is 1. The summed E-state index contributed by atoms with van der Waals surface area (Å²) in [7, 11) is 1.78. The summed E-state index contributed by atoms with van der Waals surface area (Å²) < 4.78 is 1.61. The summed E-state index contributed by atoms with van der Waals surface area (Å²) in [6, 6.07) is 9.50. The van der Waals surface area contributed by atoms with Crippen molar-refractivity contribution in [3.8, 4) is 0 Å². The molecule has 8 nitrogen and oxygen atoms in total. The number of amides is 3. The number of carbonyl (C=O) groups is 2. The van der Waals surface area contributed by atoms with Crippen LogP contribution in [0, 0.1) is 5.92 Å². The number of piperidine rings is 1. The number of aryl methyl sites for hydroxylation is 1. The highest BCUT2D eigenvalue weighted by Gasteiger charge is 2.24. The molecule has 3 aromatic rings. The molecule has 1 aliphatic heterocycles. The van der Waals surface area contributed by atoms with E-state index in [2.05, 4.69) is 20.7 Å². The Hall–Kier alpha value is -3.42. The number of hydrogen-bond donors (Lipinski definition) is 2. The molecule has 8 heteroatoms. The fraction of sp³-hybridized carbons (Fsp3) is 0.333. The summed E-state index contributed by atoms with van der Waals surface area (Å²) in [4.78, 5) is 31.0. The molecule has 4 rings (SSSR count). The minimum absolute atomic E-state index is 0.110. The Kier molecular flexibility index (Phi) is 5.41. The lowest BCUT2D eigenvalue weighted by atomic mass is 9.97. The van der Waals surface area contributed by atoms with Crippen LogP contribution in [0.4, 0.5) is 10.5 Å². The molecule has 150 valence electrons. The molecule has 29 heavy (non-hydrogen) atoms. The van der Waals surface area contributed by atoms with Gasteiger partial charge in [0, 0.05) is 44.5 Å². The average Bonchev–Trinajstić information content (AvgIpc) is 3.19. The number of pyridine rings is 1. The van der Waals surface area contributed by atoms with E-state index in [1.54, 1.807) is 30.3 Å². The first-order valence-corrected chi connectivity index (χ1v) is 9.76. The monoisotopic (exact) mass is 392 g/mol. The van der Waals surface area contributed by atoms with Crippen LogP contribution in [-0.2, 0) is 7.05 Å². The number of nitrogens with one attached hydrogen (secondary N) is 2. The molecular weight excluding hydrogens is 368 g/mol. The van der Waals surface area contributed by atoms with E-state index < -0.39 is 0 Å². The molecule has 1 aliphatic rings. The summed E-state index contributed by atoms with van der Waals surface area (Å²) >= 11 is 0. The van der Waals surface area contributed by atoms with Crippen LogP contribution in [-0.4, -0.2) is 51.2 Å². The van der Waals surface area contributed by atoms with Crippen molar-refractivity contribution in [1.82, 2.24) is 25.0 Å². The summed E-state index contributed by atoms with van der Waals surface area (Å²) in [5.41, 5.74) is 2.07. The van der Waals surface area contributed by atoms with E-state index in [1.807, 2.05) is 35.2 Å². The molecule has 2 N–H and O–H groups in total.